The molecule has 2 aliphatic heterocycles. The minimum atomic E-state index is -0.906. The van der Waals surface area contributed by atoms with Crippen molar-refractivity contribution in [1.29, 1.82) is 0 Å². The minimum Gasteiger partial charge on any atom is -0.342 e. The lowest BCUT2D eigenvalue weighted by Crippen LogP contribution is -2.56. The fraction of sp³-hybridized carbons (Fsp3) is 0.353. The second-order valence-electron chi connectivity index (χ2n) is 6.59. The van der Waals surface area contributed by atoms with Crippen LogP contribution in [-0.4, -0.2) is 51.6 Å². The van der Waals surface area contributed by atoms with E-state index in [0.29, 0.717) is 42.4 Å². The Morgan fingerprint density at radius 2 is 1.81 bits per heavy atom. The molecule has 1 aromatic carbocycles. The van der Waals surface area contributed by atoms with Gasteiger partial charge in [-0.3, -0.25) is 19.7 Å². The largest absolute Gasteiger partial charge is 0.342 e. The second kappa shape index (κ2) is 5.94. The maximum atomic E-state index is 12.7. The number of carbonyl (C=O) groups excluding carboxylic acids is 3. The topological polar surface area (TPSA) is 124 Å². The second-order valence-corrected chi connectivity index (χ2v) is 6.59. The molecule has 1 spiro atoms. The van der Waals surface area contributed by atoms with E-state index in [-0.39, 0.29) is 23.8 Å². The van der Waals surface area contributed by atoms with Gasteiger partial charge in [-0.1, -0.05) is 18.2 Å². The van der Waals surface area contributed by atoms with Gasteiger partial charge in [0.2, 0.25) is 5.91 Å². The van der Waals surface area contributed by atoms with Gasteiger partial charge >= 0.3 is 6.03 Å². The van der Waals surface area contributed by atoms with Crippen LogP contribution in [0.15, 0.2) is 29.1 Å². The first kappa shape index (κ1) is 16.2. The molecule has 9 heteroatoms. The van der Waals surface area contributed by atoms with Crippen LogP contribution in [0.5, 0.6) is 0 Å². The quantitative estimate of drug-likeness (QED) is 0.636. The number of nitrogens with one attached hydrogen (secondary N) is 3. The van der Waals surface area contributed by atoms with Crippen molar-refractivity contribution >= 4 is 28.6 Å². The van der Waals surface area contributed by atoms with E-state index in [9.17, 15) is 19.2 Å². The van der Waals surface area contributed by atoms with Gasteiger partial charge < -0.3 is 10.2 Å². The van der Waals surface area contributed by atoms with E-state index in [1.54, 1.807) is 29.2 Å². The molecule has 4 amide bonds. The Morgan fingerprint density at radius 1 is 1.12 bits per heavy atom. The monoisotopic (exact) mass is 355 g/mol. The molecule has 0 atom stereocenters. The van der Waals surface area contributed by atoms with E-state index in [1.807, 2.05) is 0 Å². The molecule has 2 aliphatic rings. The summed E-state index contributed by atoms with van der Waals surface area (Å²) in [5.74, 6) is -0.461. The summed E-state index contributed by atoms with van der Waals surface area (Å²) in [7, 11) is 0. The third-order valence-corrected chi connectivity index (χ3v) is 5.08. The predicted octanol–water partition coefficient (Wildman–Crippen LogP) is -0.334. The van der Waals surface area contributed by atoms with Gasteiger partial charge in [0.15, 0.2) is 0 Å². The molecule has 3 heterocycles. The summed E-state index contributed by atoms with van der Waals surface area (Å²) in [4.78, 5) is 49.5. The van der Waals surface area contributed by atoms with Crippen LogP contribution in [-0.2, 0) is 16.0 Å². The van der Waals surface area contributed by atoms with Crippen molar-refractivity contribution in [3.05, 3.63) is 40.3 Å². The van der Waals surface area contributed by atoms with Crippen LogP contribution in [0.2, 0.25) is 0 Å². The molecule has 0 aliphatic carbocycles. The fourth-order valence-electron chi connectivity index (χ4n) is 3.58. The fourth-order valence-corrected chi connectivity index (χ4v) is 3.58. The molecule has 134 valence electrons. The molecule has 2 saturated heterocycles. The van der Waals surface area contributed by atoms with Crippen LogP contribution in [0.3, 0.4) is 0 Å². The summed E-state index contributed by atoms with van der Waals surface area (Å²) in [6.45, 7) is 0.738. The number of rotatable bonds is 2. The Hall–Kier alpha value is -3.23. The third kappa shape index (κ3) is 2.61. The Balaban J connectivity index is 1.49. The lowest BCUT2D eigenvalue weighted by Gasteiger charge is -2.37. The number of likely N-dealkylation sites (tertiary alicyclic amines) is 1. The van der Waals surface area contributed by atoms with Crippen molar-refractivity contribution in [3.8, 4) is 0 Å². The number of aromatic nitrogens is 2. The Labute approximate surface area is 147 Å². The molecular weight excluding hydrogens is 338 g/mol. The molecular formula is C17H17N5O4. The number of urea groups is 1. The first-order valence-electron chi connectivity index (χ1n) is 8.36. The van der Waals surface area contributed by atoms with Crippen LogP contribution in [0.25, 0.3) is 10.8 Å². The standard InChI is InChI=1S/C17H17N5O4/c23-13(9-12-10-3-1-2-4-11(10)14(24)21-20-12)22-7-5-17(6-8-22)15(25)18-16(26)19-17/h1-4H,5-9H2,(H,21,24)(H2,18,19,25,26). The van der Waals surface area contributed by atoms with Crippen LogP contribution in [0.4, 0.5) is 4.79 Å². The lowest BCUT2D eigenvalue weighted by atomic mass is 9.87. The molecule has 2 fully saturated rings. The SMILES string of the molecule is O=C1NC(=O)C2(CCN(C(=O)Cc3n[nH]c(=O)c4ccccc34)CC2)N1. The molecule has 0 unspecified atom stereocenters. The molecule has 0 radical (unpaired) electrons. The lowest BCUT2D eigenvalue weighted by molar-refractivity contribution is -0.135. The number of amides is 4. The average Bonchev–Trinajstić information content (AvgIpc) is 2.91. The zero-order valence-corrected chi connectivity index (χ0v) is 13.9. The van der Waals surface area contributed by atoms with Gasteiger partial charge in [-0.15, -0.1) is 0 Å². The van der Waals surface area contributed by atoms with E-state index in [2.05, 4.69) is 20.8 Å². The number of carbonyl (C=O) groups is 3. The Morgan fingerprint density at radius 3 is 2.46 bits per heavy atom. The predicted molar refractivity (Wildman–Crippen MR) is 91.3 cm³/mol. The van der Waals surface area contributed by atoms with E-state index in [4.69, 9.17) is 0 Å². The summed E-state index contributed by atoms with van der Waals surface area (Å²) in [6.07, 6.45) is 0.801. The van der Waals surface area contributed by atoms with Crippen LogP contribution >= 0.6 is 0 Å². The number of imide groups is 1. The summed E-state index contributed by atoms with van der Waals surface area (Å²) >= 11 is 0. The summed E-state index contributed by atoms with van der Waals surface area (Å²) < 4.78 is 0. The number of nitrogens with zero attached hydrogens (tertiary/aromatic N) is 2. The van der Waals surface area contributed by atoms with Gasteiger partial charge in [0, 0.05) is 18.5 Å². The Kier molecular flexibility index (Phi) is 3.71. The highest BCUT2D eigenvalue weighted by molar-refractivity contribution is 6.07. The van der Waals surface area contributed by atoms with Gasteiger partial charge in [-0.25, -0.2) is 9.89 Å². The van der Waals surface area contributed by atoms with Crippen molar-refractivity contribution in [1.82, 2.24) is 25.7 Å². The number of hydrogen-bond donors (Lipinski definition) is 3. The molecule has 3 N–H and O–H groups in total. The molecule has 2 aromatic rings. The molecule has 26 heavy (non-hydrogen) atoms. The van der Waals surface area contributed by atoms with E-state index >= 15 is 0 Å². The number of aromatic amines is 1. The molecule has 0 bridgehead atoms. The zero-order valence-electron chi connectivity index (χ0n) is 13.9. The molecule has 4 rings (SSSR count). The van der Waals surface area contributed by atoms with Crippen LogP contribution in [0.1, 0.15) is 18.5 Å². The van der Waals surface area contributed by atoms with Gasteiger partial charge in [-0.2, -0.15) is 5.10 Å². The third-order valence-electron chi connectivity index (χ3n) is 5.08. The molecule has 1 aromatic heterocycles. The first-order valence-corrected chi connectivity index (χ1v) is 8.36. The van der Waals surface area contributed by atoms with Crippen molar-refractivity contribution < 1.29 is 14.4 Å². The number of H-pyrrole nitrogens is 1. The average molecular weight is 355 g/mol. The van der Waals surface area contributed by atoms with Crippen LogP contribution in [0, 0.1) is 0 Å². The van der Waals surface area contributed by atoms with E-state index in [0.717, 1.165) is 0 Å². The number of piperidine rings is 1. The first-order chi connectivity index (χ1) is 12.5. The van der Waals surface area contributed by atoms with Gasteiger partial charge in [0.05, 0.1) is 17.5 Å². The van der Waals surface area contributed by atoms with Gasteiger partial charge in [-0.05, 0) is 18.9 Å². The highest BCUT2D eigenvalue weighted by Gasteiger charge is 2.48. The zero-order chi connectivity index (χ0) is 18.3. The van der Waals surface area contributed by atoms with E-state index < -0.39 is 11.6 Å². The number of fused-ring (bicyclic) bond motifs is 1. The van der Waals surface area contributed by atoms with Gasteiger partial charge in [0.1, 0.15) is 5.54 Å². The van der Waals surface area contributed by atoms with Crippen LogP contribution < -0.4 is 16.2 Å². The normalized spacial score (nSPS) is 18.8. The van der Waals surface area contributed by atoms with Crippen molar-refractivity contribution in [3.63, 3.8) is 0 Å². The highest BCUT2D eigenvalue weighted by Crippen LogP contribution is 2.26. The number of benzene rings is 1. The number of hydrogen-bond acceptors (Lipinski definition) is 5. The Bertz CT molecular complexity index is 975. The van der Waals surface area contributed by atoms with Gasteiger partial charge in [0.25, 0.3) is 11.5 Å². The molecule has 0 saturated carbocycles. The summed E-state index contributed by atoms with van der Waals surface area (Å²) in [6, 6.07) is 6.52. The molecule has 9 nitrogen and oxygen atoms in total. The van der Waals surface area contributed by atoms with Crippen molar-refractivity contribution in [2.24, 2.45) is 0 Å². The maximum absolute atomic E-state index is 12.7. The summed E-state index contributed by atoms with van der Waals surface area (Å²) in [5, 5.41) is 12.5. The highest BCUT2D eigenvalue weighted by atomic mass is 16.2. The van der Waals surface area contributed by atoms with E-state index in [1.165, 1.54) is 0 Å². The van der Waals surface area contributed by atoms with Crippen molar-refractivity contribution in [2.75, 3.05) is 13.1 Å². The van der Waals surface area contributed by atoms with Crippen molar-refractivity contribution in [2.45, 2.75) is 24.8 Å². The summed E-state index contributed by atoms with van der Waals surface area (Å²) in [5.41, 5.74) is -0.686. The smallest absolute Gasteiger partial charge is 0.322 e. The maximum Gasteiger partial charge on any atom is 0.322 e. The minimum absolute atomic E-state index is 0.0584.